The van der Waals surface area contributed by atoms with E-state index in [1.165, 1.54) is 0 Å². The summed E-state index contributed by atoms with van der Waals surface area (Å²) in [7, 11) is 0. The van der Waals surface area contributed by atoms with E-state index in [-0.39, 0.29) is 11.7 Å². The van der Waals surface area contributed by atoms with Crippen LogP contribution >= 0.6 is 11.6 Å². The van der Waals surface area contributed by atoms with Crippen LogP contribution in [0.1, 0.15) is 59.4 Å². The number of carbonyl (C=O) groups excluding carboxylic acids is 2. The van der Waals surface area contributed by atoms with Crippen LogP contribution in [-0.4, -0.2) is 28.9 Å². The predicted octanol–water partition coefficient (Wildman–Crippen LogP) is 5.56. The number of fused-ring (bicyclic) bond motifs is 3. The predicted molar refractivity (Wildman–Crippen MR) is 115 cm³/mol. The zero-order chi connectivity index (χ0) is 20.8. The van der Waals surface area contributed by atoms with E-state index in [9.17, 15) is 9.59 Å². The summed E-state index contributed by atoms with van der Waals surface area (Å²) in [5.41, 5.74) is 2.64. The number of hydrogen-bond donors (Lipinski definition) is 2. The van der Waals surface area contributed by atoms with Crippen LogP contribution in [0.15, 0.2) is 42.6 Å². The van der Waals surface area contributed by atoms with Crippen molar-refractivity contribution in [1.29, 1.82) is 0 Å². The molecule has 1 unspecified atom stereocenters. The van der Waals surface area contributed by atoms with Gasteiger partial charge in [0.05, 0.1) is 22.0 Å². The van der Waals surface area contributed by atoms with Gasteiger partial charge in [0.2, 0.25) is 0 Å². The number of Topliss-reactive ketones (excluding diaryl/α,β-unsaturated/α-hetero) is 1. The monoisotopic (exact) mass is 410 g/mol. The summed E-state index contributed by atoms with van der Waals surface area (Å²) in [6.45, 7) is 6.13. The molecular formula is C23H23ClN2O3. The highest BCUT2D eigenvalue weighted by atomic mass is 35.5. The maximum atomic E-state index is 13.3. The summed E-state index contributed by atoms with van der Waals surface area (Å²) >= 11 is 6.48. The van der Waals surface area contributed by atoms with Crippen LogP contribution in [0.25, 0.3) is 10.9 Å². The number of carbonyl (C=O) groups is 2. The minimum Gasteiger partial charge on any atom is -0.456 e. The number of ketones is 1. The van der Waals surface area contributed by atoms with Crippen molar-refractivity contribution >= 4 is 39.9 Å². The molecule has 0 bridgehead atoms. The van der Waals surface area contributed by atoms with Crippen LogP contribution in [0.5, 0.6) is 0 Å². The Bertz CT molecular complexity index is 1100. The Balaban J connectivity index is 1.90. The van der Waals surface area contributed by atoms with Gasteiger partial charge in [-0.15, -0.1) is 0 Å². The highest BCUT2D eigenvalue weighted by Gasteiger charge is 2.33. The van der Waals surface area contributed by atoms with Gasteiger partial charge in [-0.25, -0.2) is 4.79 Å². The number of aromatic amines is 1. The third kappa shape index (κ3) is 3.62. The molecule has 4 rings (SSSR count). The summed E-state index contributed by atoms with van der Waals surface area (Å²) in [5, 5.41) is 4.48. The summed E-state index contributed by atoms with van der Waals surface area (Å²) in [5.74, 6) is -0.775. The lowest BCUT2D eigenvalue weighted by Gasteiger charge is -2.28. The van der Waals surface area contributed by atoms with E-state index in [1.807, 2.05) is 57.2 Å². The molecule has 2 aromatic carbocycles. The van der Waals surface area contributed by atoms with Gasteiger partial charge in [0.25, 0.3) is 0 Å². The van der Waals surface area contributed by atoms with Crippen LogP contribution in [-0.2, 0) is 4.74 Å². The number of rotatable bonds is 3. The molecule has 150 valence electrons. The summed E-state index contributed by atoms with van der Waals surface area (Å²) in [4.78, 5) is 29.3. The van der Waals surface area contributed by atoms with Crippen molar-refractivity contribution in [2.45, 2.75) is 38.7 Å². The van der Waals surface area contributed by atoms with Crippen LogP contribution in [0.4, 0.5) is 5.69 Å². The Labute approximate surface area is 174 Å². The molecule has 1 aromatic heterocycles. The molecule has 0 aliphatic carbocycles. The molecule has 0 spiro atoms. The molecule has 1 aliphatic heterocycles. The second-order valence-electron chi connectivity index (χ2n) is 8.27. The maximum absolute atomic E-state index is 13.3. The number of aromatic nitrogens is 1. The molecule has 1 aliphatic rings. The number of hydrogen-bond acceptors (Lipinski definition) is 4. The molecule has 5 nitrogen and oxygen atoms in total. The van der Waals surface area contributed by atoms with Crippen molar-refractivity contribution < 1.29 is 14.3 Å². The highest BCUT2D eigenvalue weighted by molar-refractivity contribution is 6.36. The van der Waals surface area contributed by atoms with Crippen molar-refractivity contribution in [3.63, 3.8) is 0 Å². The maximum Gasteiger partial charge on any atom is 0.340 e. The van der Waals surface area contributed by atoms with E-state index >= 15 is 0 Å². The first-order valence-electron chi connectivity index (χ1n) is 9.66. The topological polar surface area (TPSA) is 71.2 Å². The van der Waals surface area contributed by atoms with Gasteiger partial charge in [0, 0.05) is 29.4 Å². The van der Waals surface area contributed by atoms with Crippen LogP contribution < -0.4 is 5.32 Å². The third-order valence-electron chi connectivity index (χ3n) is 5.04. The number of ether oxygens (including phenoxy) is 1. The lowest BCUT2D eigenvalue weighted by Crippen LogP contribution is -2.25. The summed E-state index contributed by atoms with van der Waals surface area (Å²) < 4.78 is 5.59. The second-order valence-corrected chi connectivity index (χ2v) is 8.68. The SMILES string of the molecule is CC(C)(C)OC(=O)c1c[nH]c2c(Cl)cc3c(c12)C(C(=O)c1ccccc1)CCN3. The Morgan fingerprint density at radius 2 is 1.90 bits per heavy atom. The minimum absolute atomic E-state index is 0.0355. The normalized spacial score (nSPS) is 16.2. The Morgan fingerprint density at radius 1 is 1.17 bits per heavy atom. The zero-order valence-electron chi connectivity index (χ0n) is 16.6. The molecule has 6 heteroatoms. The smallest absolute Gasteiger partial charge is 0.340 e. The fourth-order valence-corrected chi connectivity index (χ4v) is 4.12. The van der Waals surface area contributed by atoms with E-state index in [0.29, 0.717) is 40.0 Å². The molecule has 29 heavy (non-hydrogen) atoms. The van der Waals surface area contributed by atoms with Gasteiger partial charge in [0.1, 0.15) is 5.60 Å². The van der Waals surface area contributed by atoms with E-state index in [4.69, 9.17) is 16.3 Å². The van der Waals surface area contributed by atoms with Gasteiger partial charge >= 0.3 is 5.97 Å². The molecule has 0 saturated heterocycles. The number of esters is 1. The van der Waals surface area contributed by atoms with Crippen molar-refractivity contribution in [3.05, 3.63) is 64.3 Å². The van der Waals surface area contributed by atoms with E-state index < -0.39 is 11.6 Å². The molecule has 0 saturated carbocycles. The number of anilines is 1. The van der Waals surface area contributed by atoms with Crippen molar-refractivity contribution in [3.8, 4) is 0 Å². The molecule has 0 radical (unpaired) electrons. The number of nitrogens with one attached hydrogen (secondary N) is 2. The van der Waals surface area contributed by atoms with E-state index in [1.54, 1.807) is 6.20 Å². The van der Waals surface area contributed by atoms with Crippen molar-refractivity contribution in [2.24, 2.45) is 0 Å². The Kier molecular flexibility index (Phi) is 4.87. The standard InChI is InChI=1S/C23H23ClN2O3/c1-23(2,3)29-22(28)15-12-26-20-16(24)11-17-18(19(15)20)14(9-10-25-17)21(27)13-7-5-4-6-8-13/h4-8,11-12,14,25-26H,9-10H2,1-3H3. The van der Waals surface area contributed by atoms with Gasteiger partial charge in [-0.1, -0.05) is 41.9 Å². The average molecular weight is 411 g/mol. The fraction of sp³-hybridized carbons (Fsp3) is 0.304. The quantitative estimate of drug-likeness (QED) is 0.438. The second kappa shape index (κ2) is 7.23. The van der Waals surface area contributed by atoms with Crippen LogP contribution in [0, 0.1) is 0 Å². The first kappa shape index (κ1) is 19.5. The lowest BCUT2D eigenvalue weighted by molar-refractivity contribution is 0.00716. The lowest BCUT2D eigenvalue weighted by atomic mass is 9.82. The largest absolute Gasteiger partial charge is 0.456 e. The van der Waals surface area contributed by atoms with Gasteiger partial charge < -0.3 is 15.0 Å². The zero-order valence-corrected chi connectivity index (χ0v) is 17.4. The molecular weight excluding hydrogens is 388 g/mol. The van der Waals surface area contributed by atoms with Gasteiger partial charge in [-0.2, -0.15) is 0 Å². The van der Waals surface area contributed by atoms with Gasteiger partial charge in [0.15, 0.2) is 5.78 Å². The first-order chi connectivity index (χ1) is 13.8. The summed E-state index contributed by atoms with van der Waals surface area (Å²) in [6.07, 6.45) is 2.25. The molecule has 2 heterocycles. The first-order valence-corrected chi connectivity index (χ1v) is 10.0. The molecule has 0 amide bonds. The van der Waals surface area contributed by atoms with E-state index in [0.717, 1.165) is 11.3 Å². The van der Waals surface area contributed by atoms with Gasteiger partial charge in [-0.3, -0.25) is 4.79 Å². The Morgan fingerprint density at radius 3 is 2.59 bits per heavy atom. The third-order valence-corrected chi connectivity index (χ3v) is 5.34. The van der Waals surface area contributed by atoms with E-state index in [2.05, 4.69) is 10.3 Å². The number of benzene rings is 2. The fourth-order valence-electron chi connectivity index (χ4n) is 3.87. The highest BCUT2D eigenvalue weighted by Crippen LogP contribution is 2.43. The molecule has 3 aromatic rings. The van der Waals surface area contributed by atoms with Gasteiger partial charge in [-0.05, 0) is 38.8 Å². The molecule has 0 fully saturated rings. The minimum atomic E-state index is -0.628. The number of halogens is 1. The number of H-pyrrole nitrogens is 1. The summed E-state index contributed by atoms with van der Waals surface area (Å²) in [6, 6.07) is 11.1. The Hall–Kier alpha value is -2.79. The van der Waals surface area contributed by atoms with Crippen LogP contribution in [0.2, 0.25) is 5.02 Å². The van der Waals surface area contributed by atoms with Crippen LogP contribution in [0.3, 0.4) is 0 Å². The van der Waals surface area contributed by atoms with Crippen molar-refractivity contribution in [1.82, 2.24) is 4.98 Å². The van der Waals surface area contributed by atoms with Crippen molar-refractivity contribution in [2.75, 3.05) is 11.9 Å². The molecule has 2 N–H and O–H groups in total. The average Bonchev–Trinajstić information content (AvgIpc) is 3.12. The molecule has 1 atom stereocenters.